The summed E-state index contributed by atoms with van der Waals surface area (Å²) in [5.74, 6) is -0.401. The Morgan fingerprint density at radius 3 is 2.27 bits per heavy atom. The SMILES string of the molecule is Cc1ccc(CCN2C(=O)CN(C3CCCCC3)C(=O)[C@H]2c2ccc(F)cc2)cc1. The maximum Gasteiger partial charge on any atom is 0.250 e. The first-order valence-electron chi connectivity index (χ1n) is 10.9. The molecule has 2 amide bonds. The number of hydrogen-bond acceptors (Lipinski definition) is 2. The largest absolute Gasteiger partial charge is 0.328 e. The van der Waals surface area contributed by atoms with Crippen LogP contribution < -0.4 is 0 Å². The van der Waals surface area contributed by atoms with E-state index in [1.807, 2.05) is 6.92 Å². The molecule has 2 aromatic carbocycles. The number of carbonyl (C=O) groups excluding carboxylic acids is 2. The zero-order valence-corrected chi connectivity index (χ0v) is 17.5. The minimum atomic E-state index is -0.681. The lowest BCUT2D eigenvalue weighted by molar-refractivity contribution is -0.159. The smallest absolute Gasteiger partial charge is 0.250 e. The molecule has 5 heteroatoms. The van der Waals surface area contributed by atoms with Crippen LogP contribution in [0.25, 0.3) is 0 Å². The van der Waals surface area contributed by atoms with Gasteiger partial charge >= 0.3 is 0 Å². The third-order valence-corrected chi connectivity index (χ3v) is 6.42. The molecule has 1 heterocycles. The third kappa shape index (κ3) is 4.40. The third-order valence-electron chi connectivity index (χ3n) is 6.42. The summed E-state index contributed by atoms with van der Waals surface area (Å²) in [4.78, 5) is 30.2. The summed E-state index contributed by atoms with van der Waals surface area (Å²) in [6.07, 6.45) is 5.98. The number of amides is 2. The summed E-state index contributed by atoms with van der Waals surface area (Å²) >= 11 is 0. The molecule has 0 radical (unpaired) electrons. The average molecular weight is 409 g/mol. The summed E-state index contributed by atoms with van der Waals surface area (Å²) in [5, 5.41) is 0. The first-order chi connectivity index (χ1) is 14.5. The maximum absolute atomic E-state index is 13.6. The van der Waals surface area contributed by atoms with E-state index in [9.17, 15) is 14.0 Å². The molecule has 1 saturated heterocycles. The minimum Gasteiger partial charge on any atom is -0.328 e. The molecule has 1 aliphatic carbocycles. The molecule has 0 bridgehead atoms. The number of nitrogens with zero attached hydrogens (tertiary/aromatic N) is 2. The second-order valence-electron chi connectivity index (χ2n) is 8.53. The Morgan fingerprint density at radius 2 is 1.60 bits per heavy atom. The molecule has 0 spiro atoms. The lowest BCUT2D eigenvalue weighted by Gasteiger charge is -2.44. The maximum atomic E-state index is 13.6. The van der Waals surface area contributed by atoms with Crippen LogP contribution >= 0.6 is 0 Å². The van der Waals surface area contributed by atoms with Gasteiger partial charge in [0.25, 0.3) is 5.91 Å². The van der Waals surface area contributed by atoms with Gasteiger partial charge in [0.05, 0.1) is 0 Å². The number of carbonyl (C=O) groups is 2. The number of hydrogen-bond donors (Lipinski definition) is 0. The van der Waals surface area contributed by atoms with Crippen LogP contribution in [0, 0.1) is 12.7 Å². The first kappa shape index (κ1) is 20.6. The number of aryl methyl sites for hydroxylation is 1. The van der Waals surface area contributed by atoms with Crippen molar-refractivity contribution >= 4 is 11.8 Å². The van der Waals surface area contributed by atoms with Gasteiger partial charge in [-0.25, -0.2) is 4.39 Å². The van der Waals surface area contributed by atoms with Crippen LogP contribution in [0.2, 0.25) is 0 Å². The highest BCUT2D eigenvalue weighted by atomic mass is 19.1. The van der Waals surface area contributed by atoms with Crippen LogP contribution in [0.5, 0.6) is 0 Å². The standard InChI is InChI=1S/C25H29FN2O2/c1-18-7-9-19(10-8-18)15-16-27-23(29)17-28(22-5-3-2-4-6-22)25(30)24(27)20-11-13-21(26)14-12-20/h7-14,22,24H,2-6,15-17H2,1H3/t24-/m1/s1. The highest BCUT2D eigenvalue weighted by molar-refractivity contribution is 5.95. The highest BCUT2D eigenvalue weighted by Gasteiger charge is 2.42. The van der Waals surface area contributed by atoms with Crippen molar-refractivity contribution in [3.63, 3.8) is 0 Å². The van der Waals surface area contributed by atoms with Gasteiger partial charge in [0.15, 0.2) is 0 Å². The number of benzene rings is 2. The number of halogens is 1. The van der Waals surface area contributed by atoms with Crippen LogP contribution in [-0.4, -0.2) is 40.7 Å². The molecule has 1 atom stereocenters. The predicted octanol–water partition coefficient (Wildman–Crippen LogP) is 4.42. The lowest BCUT2D eigenvalue weighted by Crippen LogP contribution is -2.58. The van der Waals surface area contributed by atoms with E-state index >= 15 is 0 Å². The van der Waals surface area contributed by atoms with E-state index < -0.39 is 6.04 Å². The van der Waals surface area contributed by atoms with Crippen LogP contribution in [0.4, 0.5) is 4.39 Å². The summed E-state index contributed by atoms with van der Waals surface area (Å²) in [5.41, 5.74) is 3.00. The number of piperazine rings is 1. The fourth-order valence-electron chi connectivity index (χ4n) is 4.68. The van der Waals surface area contributed by atoms with Gasteiger partial charge in [-0.1, -0.05) is 61.2 Å². The van der Waals surface area contributed by atoms with Crippen molar-refractivity contribution in [1.29, 1.82) is 0 Å². The molecule has 1 saturated carbocycles. The number of rotatable bonds is 5. The normalized spacial score (nSPS) is 20.7. The molecule has 2 aromatic rings. The Bertz CT molecular complexity index is 888. The molecule has 0 aromatic heterocycles. The highest BCUT2D eigenvalue weighted by Crippen LogP contribution is 2.32. The van der Waals surface area contributed by atoms with E-state index in [2.05, 4.69) is 24.3 Å². The van der Waals surface area contributed by atoms with Crippen LogP contribution in [0.3, 0.4) is 0 Å². The van der Waals surface area contributed by atoms with Gasteiger partial charge in [-0.05, 0) is 49.4 Å². The molecular weight excluding hydrogens is 379 g/mol. The minimum absolute atomic E-state index is 0.0263. The van der Waals surface area contributed by atoms with Gasteiger partial charge in [0, 0.05) is 12.6 Å². The van der Waals surface area contributed by atoms with Crippen molar-refractivity contribution in [2.45, 2.75) is 57.5 Å². The second-order valence-corrected chi connectivity index (χ2v) is 8.53. The van der Waals surface area contributed by atoms with E-state index in [4.69, 9.17) is 0 Å². The van der Waals surface area contributed by atoms with E-state index in [-0.39, 0.29) is 30.2 Å². The molecule has 2 fully saturated rings. The average Bonchev–Trinajstić information content (AvgIpc) is 2.76. The molecule has 1 aliphatic heterocycles. The molecule has 2 aliphatic rings. The molecule has 0 N–H and O–H groups in total. The van der Waals surface area contributed by atoms with Crippen LogP contribution in [-0.2, 0) is 16.0 Å². The van der Waals surface area contributed by atoms with Gasteiger partial charge < -0.3 is 9.80 Å². The van der Waals surface area contributed by atoms with Crippen molar-refractivity contribution < 1.29 is 14.0 Å². The molecule has 0 unspecified atom stereocenters. The molecular formula is C25H29FN2O2. The van der Waals surface area contributed by atoms with Crippen LogP contribution in [0.1, 0.15) is 54.8 Å². The Hall–Kier alpha value is -2.69. The van der Waals surface area contributed by atoms with Gasteiger partial charge in [0.1, 0.15) is 18.4 Å². The Kier molecular flexibility index (Phi) is 6.16. The first-order valence-corrected chi connectivity index (χ1v) is 10.9. The van der Waals surface area contributed by atoms with Crippen molar-refractivity contribution in [2.75, 3.05) is 13.1 Å². The summed E-state index contributed by atoms with van der Waals surface area (Å²) in [7, 11) is 0. The predicted molar refractivity (Wildman–Crippen MR) is 114 cm³/mol. The Morgan fingerprint density at radius 1 is 0.933 bits per heavy atom. The monoisotopic (exact) mass is 408 g/mol. The van der Waals surface area contributed by atoms with Gasteiger partial charge in [0.2, 0.25) is 5.91 Å². The quantitative estimate of drug-likeness (QED) is 0.735. The molecule has 4 nitrogen and oxygen atoms in total. The van der Waals surface area contributed by atoms with E-state index in [0.29, 0.717) is 18.5 Å². The Labute approximate surface area is 177 Å². The van der Waals surface area contributed by atoms with E-state index in [1.165, 1.54) is 24.1 Å². The van der Waals surface area contributed by atoms with Crippen molar-refractivity contribution in [2.24, 2.45) is 0 Å². The Balaban J connectivity index is 1.59. The van der Waals surface area contributed by atoms with Gasteiger partial charge in [-0.3, -0.25) is 9.59 Å². The van der Waals surface area contributed by atoms with Crippen molar-refractivity contribution in [3.8, 4) is 0 Å². The van der Waals surface area contributed by atoms with E-state index in [1.54, 1.807) is 21.9 Å². The summed E-state index contributed by atoms with van der Waals surface area (Å²) in [6.45, 7) is 2.66. The van der Waals surface area contributed by atoms with Crippen molar-refractivity contribution in [1.82, 2.24) is 9.80 Å². The van der Waals surface area contributed by atoms with Gasteiger partial charge in [-0.2, -0.15) is 0 Å². The zero-order valence-electron chi connectivity index (χ0n) is 17.5. The van der Waals surface area contributed by atoms with E-state index in [0.717, 1.165) is 31.2 Å². The lowest BCUT2D eigenvalue weighted by atomic mass is 9.91. The fraction of sp³-hybridized carbons (Fsp3) is 0.440. The molecule has 30 heavy (non-hydrogen) atoms. The summed E-state index contributed by atoms with van der Waals surface area (Å²) in [6, 6.07) is 13.7. The molecule has 158 valence electrons. The topological polar surface area (TPSA) is 40.6 Å². The zero-order chi connectivity index (χ0) is 21.1. The van der Waals surface area contributed by atoms with Crippen molar-refractivity contribution in [3.05, 3.63) is 71.0 Å². The second kappa shape index (κ2) is 8.99. The molecule has 4 rings (SSSR count). The van der Waals surface area contributed by atoms with Crippen LogP contribution in [0.15, 0.2) is 48.5 Å². The summed E-state index contributed by atoms with van der Waals surface area (Å²) < 4.78 is 13.5. The fourth-order valence-corrected chi connectivity index (χ4v) is 4.68. The van der Waals surface area contributed by atoms with Gasteiger partial charge in [-0.15, -0.1) is 0 Å².